The number of aromatic nitrogens is 1. The van der Waals surface area contributed by atoms with Gasteiger partial charge in [-0.2, -0.15) is 0 Å². The van der Waals surface area contributed by atoms with Crippen molar-refractivity contribution in [1.29, 1.82) is 0 Å². The second kappa shape index (κ2) is 7.34. The minimum Gasteiger partial charge on any atom is -0.455 e. The maximum Gasteiger partial charge on any atom is 0.145 e. The first-order chi connectivity index (χ1) is 17.8. The molecule has 1 N–H and O–H groups in total. The Kier molecular flexibility index (Phi) is 3.97. The van der Waals surface area contributed by atoms with Gasteiger partial charge in [0.05, 0.1) is 5.52 Å². The summed E-state index contributed by atoms with van der Waals surface area (Å²) in [6, 6.07) is 43.1. The molecule has 0 aliphatic heterocycles. The summed E-state index contributed by atoms with van der Waals surface area (Å²) in [5.74, 6) is 0. The molecule has 168 valence electrons. The topological polar surface area (TPSA) is 28.9 Å². The van der Waals surface area contributed by atoms with Crippen molar-refractivity contribution >= 4 is 54.5 Å². The standard InChI is InChI=1S/C34H21NO/c1-3-7-21(8-4-1)24-13-17-30-28(19-24)26-15-11-23-12-16-27-29-20-25(22-9-5-2-6-10-22)14-18-31(29)36-34(27)32(23)33(26)35-30/h1-20,35H. The minimum absolute atomic E-state index is 0.914. The van der Waals surface area contributed by atoms with Crippen LogP contribution in [0.1, 0.15) is 0 Å². The van der Waals surface area contributed by atoms with Crippen LogP contribution < -0.4 is 0 Å². The molecule has 0 saturated heterocycles. The van der Waals surface area contributed by atoms with E-state index in [1.807, 2.05) is 0 Å². The molecule has 2 aromatic heterocycles. The van der Waals surface area contributed by atoms with E-state index in [9.17, 15) is 0 Å². The molecule has 0 bridgehead atoms. The van der Waals surface area contributed by atoms with Crippen LogP contribution in [-0.2, 0) is 0 Å². The van der Waals surface area contributed by atoms with Crippen molar-refractivity contribution in [1.82, 2.24) is 4.98 Å². The van der Waals surface area contributed by atoms with Gasteiger partial charge >= 0.3 is 0 Å². The van der Waals surface area contributed by atoms with Crippen LogP contribution in [0.5, 0.6) is 0 Å². The lowest BCUT2D eigenvalue weighted by atomic mass is 9.99. The largest absolute Gasteiger partial charge is 0.455 e. The molecule has 2 heteroatoms. The number of aromatic amines is 1. The molecule has 6 aromatic carbocycles. The van der Waals surface area contributed by atoms with E-state index >= 15 is 0 Å². The van der Waals surface area contributed by atoms with E-state index in [1.54, 1.807) is 0 Å². The van der Waals surface area contributed by atoms with Gasteiger partial charge in [0.25, 0.3) is 0 Å². The van der Waals surface area contributed by atoms with Gasteiger partial charge < -0.3 is 9.40 Å². The Morgan fingerprint density at radius 3 is 1.83 bits per heavy atom. The van der Waals surface area contributed by atoms with Gasteiger partial charge in [0.2, 0.25) is 0 Å². The molecule has 8 aromatic rings. The van der Waals surface area contributed by atoms with Crippen molar-refractivity contribution in [2.45, 2.75) is 0 Å². The average Bonchev–Trinajstić information content (AvgIpc) is 3.51. The maximum absolute atomic E-state index is 6.53. The Morgan fingerprint density at radius 2 is 1.11 bits per heavy atom. The molecule has 0 fully saturated rings. The van der Waals surface area contributed by atoms with Gasteiger partial charge in [0.15, 0.2) is 0 Å². The highest BCUT2D eigenvalue weighted by Gasteiger charge is 2.16. The van der Waals surface area contributed by atoms with Gasteiger partial charge in [0, 0.05) is 32.4 Å². The summed E-state index contributed by atoms with van der Waals surface area (Å²) in [6.45, 7) is 0. The van der Waals surface area contributed by atoms with Crippen LogP contribution in [0.15, 0.2) is 126 Å². The summed E-state index contributed by atoms with van der Waals surface area (Å²) in [5, 5.41) is 7.05. The van der Waals surface area contributed by atoms with Crippen molar-refractivity contribution < 1.29 is 4.42 Å². The predicted octanol–water partition coefficient (Wildman–Crippen LogP) is 9.71. The van der Waals surface area contributed by atoms with E-state index in [1.165, 1.54) is 38.4 Å². The molecule has 0 unspecified atom stereocenters. The predicted molar refractivity (Wildman–Crippen MR) is 151 cm³/mol. The number of nitrogens with one attached hydrogen (secondary N) is 1. The Balaban J connectivity index is 1.41. The summed E-state index contributed by atoms with van der Waals surface area (Å²) >= 11 is 0. The fourth-order valence-electron chi connectivity index (χ4n) is 5.63. The minimum atomic E-state index is 0.914. The van der Waals surface area contributed by atoms with E-state index in [4.69, 9.17) is 4.42 Å². The molecule has 2 nitrogen and oxygen atoms in total. The van der Waals surface area contributed by atoms with Gasteiger partial charge in [-0.1, -0.05) is 91.0 Å². The zero-order valence-electron chi connectivity index (χ0n) is 19.5. The molecular weight excluding hydrogens is 438 g/mol. The number of hydrogen-bond donors (Lipinski definition) is 1. The lowest BCUT2D eigenvalue weighted by molar-refractivity contribution is 0.673. The molecule has 8 rings (SSSR count). The fraction of sp³-hybridized carbons (Fsp3) is 0. The first-order valence-corrected chi connectivity index (χ1v) is 12.3. The van der Waals surface area contributed by atoms with Gasteiger partial charge in [-0.25, -0.2) is 0 Å². The number of furan rings is 1. The summed E-state index contributed by atoms with van der Waals surface area (Å²) in [4.78, 5) is 3.71. The van der Waals surface area contributed by atoms with Crippen LogP contribution in [0, 0.1) is 0 Å². The Hall–Kier alpha value is -4.82. The lowest BCUT2D eigenvalue weighted by Crippen LogP contribution is -1.78. The molecule has 0 amide bonds. The molecule has 0 aliphatic rings. The molecule has 0 aliphatic carbocycles. The van der Waals surface area contributed by atoms with Crippen molar-refractivity contribution in [2.24, 2.45) is 0 Å². The third kappa shape index (κ3) is 2.79. The summed E-state index contributed by atoms with van der Waals surface area (Å²) in [7, 11) is 0. The summed E-state index contributed by atoms with van der Waals surface area (Å²) < 4.78 is 6.53. The second-order valence-electron chi connectivity index (χ2n) is 9.46. The molecular formula is C34H21NO. The number of hydrogen-bond acceptors (Lipinski definition) is 1. The van der Waals surface area contributed by atoms with Crippen LogP contribution in [0.4, 0.5) is 0 Å². The van der Waals surface area contributed by atoms with E-state index in [0.717, 1.165) is 38.4 Å². The van der Waals surface area contributed by atoms with Crippen molar-refractivity contribution in [2.75, 3.05) is 0 Å². The van der Waals surface area contributed by atoms with Crippen LogP contribution in [0.25, 0.3) is 76.8 Å². The van der Waals surface area contributed by atoms with Gasteiger partial charge in [-0.15, -0.1) is 0 Å². The summed E-state index contributed by atoms with van der Waals surface area (Å²) in [6.07, 6.45) is 0. The number of rotatable bonds is 2. The van der Waals surface area contributed by atoms with E-state index in [0.29, 0.717) is 0 Å². The number of fused-ring (bicyclic) bond motifs is 9. The van der Waals surface area contributed by atoms with Crippen molar-refractivity contribution in [3.8, 4) is 22.3 Å². The maximum atomic E-state index is 6.53. The number of benzene rings is 6. The molecule has 0 radical (unpaired) electrons. The van der Waals surface area contributed by atoms with Gasteiger partial charge in [0.1, 0.15) is 11.2 Å². The average molecular weight is 460 g/mol. The van der Waals surface area contributed by atoms with E-state index < -0.39 is 0 Å². The van der Waals surface area contributed by atoms with Gasteiger partial charge in [-0.05, 0) is 58.0 Å². The molecule has 2 heterocycles. The van der Waals surface area contributed by atoms with Gasteiger partial charge in [-0.3, -0.25) is 0 Å². The Morgan fingerprint density at radius 1 is 0.472 bits per heavy atom. The Bertz CT molecular complexity index is 1930. The third-order valence-corrected chi connectivity index (χ3v) is 7.40. The third-order valence-electron chi connectivity index (χ3n) is 7.40. The van der Waals surface area contributed by atoms with Crippen LogP contribution >= 0.6 is 0 Å². The SMILES string of the molecule is c1ccc(-c2ccc3[nH]c4c(ccc5ccc6c7cc(-c8ccccc8)ccc7oc6c54)c3c2)cc1. The molecule has 0 saturated carbocycles. The zero-order chi connectivity index (χ0) is 23.6. The van der Waals surface area contributed by atoms with Crippen LogP contribution in [-0.4, -0.2) is 4.98 Å². The van der Waals surface area contributed by atoms with E-state index in [-0.39, 0.29) is 0 Å². The molecule has 36 heavy (non-hydrogen) atoms. The quantitative estimate of drug-likeness (QED) is 0.274. The summed E-state index contributed by atoms with van der Waals surface area (Å²) in [5.41, 5.74) is 8.97. The van der Waals surface area contributed by atoms with Crippen molar-refractivity contribution in [3.05, 3.63) is 121 Å². The highest BCUT2D eigenvalue weighted by atomic mass is 16.3. The first-order valence-electron chi connectivity index (χ1n) is 12.3. The molecule has 0 spiro atoms. The lowest BCUT2D eigenvalue weighted by Gasteiger charge is -2.03. The highest BCUT2D eigenvalue weighted by Crippen LogP contribution is 2.40. The van der Waals surface area contributed by atoms with Crippen LogP contribution in [0.2, 0.25) is 0 Å². The fourth-order valence-corrected chi connectivity index (χ4v) is 5.63. The highest BCUT2D eigenvalue weighted by molar-refractivity contribution is 6.26. The smallest absolute Gasteiger partial charge is 0.145 e. The van der Waals surface area contributed by atoms with Crippen LogP contribution in [0.3, 0.4) is 0 Å². The normalized spacial score (nSPS) is 11.9. The second-order valence-corrected chi connectivity index (χ2v) is 9.46. The molecule has 0 atom stereocenters. The Labute approximate surface area is 207 Å². The number of H-pyrrole nitrogens is 1. The van der Waals surface area contributed by atoms with Crippen molar-refractivity contribution in [3.63, 3.8) is 0 Å². The van der Waals surface area contributed by atoms with E-state index in [2.05, 4.69) is 126 Å². The zero-order valence-corrected chi connectivity index (χ0v) is 19.5. The first kappa shape index (κ1) is 19.5. The monoisotopic (exact) mass is 459 g/mol.